The van der Waals surface area contributed by atoms with Gasteiger partial charge in [0.15, 0.2) is 0 Å². The van der Waals surface area contributed by atoms with Gasteiger partial charge in [0.2, 0.25) is 0 Å². The quantitative estimate of drug-likeness (QED) is 0.803. The van der Waals surface area contributed by atoms with Gasteiger partial charge in [-0.05, 0) is 38.0 Å². The van der Waals surface area contributed by atoms with Crippen LogP contribution in [0, 0.1) is 5.82 Å². The van der Waals surface area contributed by atoms with Crippen molar-refractivity contribution in [2.75, 3.05) is 6.54 Å². The monoisotopic (exact) mass is 305 g/mol. The predicted molar refractivity (Wildman–Crippen MR) is 69.2 cm³/mol. The lowest BCUT2D eigenvalue weighted by Gasteiger charge is -2.21. The summed E-state index contributed by atoms with van der Waals surface area (Å²) in [6.07, 6.45) is 1.77. The van der Waals surface area contributed by atoms with Crippen LogP contribution in [0.3, 0.4) is 0 Å². The fourth-order valence-electron chi connectivity index (χ4n) is 1.99. The lowest BCUT2D eigenvalue weighted by molar-refractivity contribution is 0.0748. The second kappa shape index (κ2) is 5.09. The fourth-order valence-corrected chi connectivity index (χ4v) is 3.03. The molecular weight excluding hydrogens is 293 g/mol. The molecule has 0 radical (unpaired) electrons. The molecule has 104 valence electrons. The van der Waals surface area contributed by atoms with E-state index in [1.165, 1.54) is 0 Å². The van der Waals surface area contributed by atoms with E-state index in [4.69, 9.17) is 10.7 Å². The highest BCUT2D eigenvalue weighted by molar-refractivity contribution is 8.13. The highest BCUT2D eigenvalue weighted by atomic mass is 35.7. The summed E-state index contributed by atoms with van der Waals surface area (Å²) < 4.78 is 36.1. The highest BCUT2D eigenvalue weighted by Gasteiger charge is 2.34. The van der Waals surface area contributed by atoms with Gasteiger partial charge in [0, 0.05) is 23.3 Å². The lowest BCUT2D eigenvalue weighted by atomic mass is 10.2. The summed E-state index contributed by atoms with van der Waals surface area (Å²) in [6.45, 7) is 2.24. The van der Waals surface area contributed by atoms with Crippen LogP contribution < -0.4 is 0 Å². The Morgan fingerprint density at radius 3 is 2.58 bits per heavy atom. The molecule has 4 nitrogen and oxygen atoms in total. The molecule has 0 aromatic heterocycles. The summed E-state index contributed by atoms with van der Waals surface area (Å²) in [7, 11) is 1.20. The molecule has 0 saturated heterocycles. The molecule has 7 heteroatoms. The SMILES string of the molecule is CCN(C(=O)c1cc(F)ccc1S(=O)(=O)Cl)C1CC1. The Morgan fingerprint density at radius 1 is 1.47 bits per heavy atom. The van der Waals surface area contributed by atoms with E-state index in [1.54, 1.807) is 11.8 Å². The van der Waals surface area contributed by atoms with Crippen LogP contribution in [0.5, 0.6) is 0 Å². The van der Waals surface area contributed by atoms with Crippen molar-refractivity contribution < 1.29 is 17.6 Å². The summed E-state index contributed by atoms with van der Waals surface area (Å²) in [4.78, 5) is 13.5. The van der Waals surface area contributed by atoms with E-state index in [1.807, 2.05) is 0 Å². The number of benzene rings is 1. The van der Waals surface area contributed by atoms with Crippen molar-refractivity contribution >= 4 is 25.6 Å². The Morgan fingerprint density at radius 2 is 2.11 bits per heavy atom. The molecule has 0 spiro atoms. The number of hydrogen-bond donors (Lipinski definition) is 0. The van der Waals surface area contributed by atoms with Gasteiger partial charge in [-0.15, -0.1) is 0 Å². The van der Waals surface area contributed by atoms with Crippen molar-refractivity contribution in [3.63, 3.8) is 0 Å². The molecule has 2 rings (SSSR count). The van der Waals surface area contributed by atoms with Gasteiger partial charge >= 0.3 is 0 Å². The Bertz CT molecular complexity index is 613. The maximum absolute atomic E-state index is 13.3. The smallest absolute Gasteiger partial charge is 0.262 e. The van der Waals surface area contributed by atoms with E-state index in [9.17, 15) is 17.6 Å². The first-order chi connectivity index (χ1) is 8.84. The molecule has 0 unspecified atom stereocenters. The minimum absolute atomic E-state index is 0.117. The van der Waals surface area contributed by atoms with Crippen molar-refractivity contribution in [1.82, 2.24) is 4.90 Å². The summed E-state index contributed by atoms with van der Waals surface area (Å²) in [5.41, 5.74) is -0.205. The summed E-state index contributed by atoms with van der Waals surface area (Å²) in [5, 5.41) is 0. The molecule has 0 N–H and O–H groups in total. The van der Waals surface area contributed by atoms with Crippen LogP contribution in [-0.2, 0) is 9.05 Å². The molecule has 1 saturated carbocycles. The first kappa shape index (κ1) is 14.3. The van der Waals surface area contributed by atoms with Crippen molar-refractivity contribution in [2.24, 2.45) is 0 Å². The maximum atomic E-state index is 13.3. The third-order valence-electron chi connectivity index (χ3n) is 3.02. The molecule has 0 atom stereocenters. The van der Waals surface area contributed by atoms with Crippen LogP contribution in [0.25, 0.3) is 0 Å². The summed E-state index contributed by atoms with van der Waals surface area (Å²) in [6, 6.07) is 3.03. The molecule has 1 amide bonds. The third-order valence-corrected chi connectivity index (χ3v) is 4.40. The maximum Gasteiger partial charge on any atom is 0.262 e. The van der Waals surface area contributed by atoms with Crippen molar-refractivity contribution in [3.05, 3.63) is 29.6 Å². The van der Waals surface area contributed by atoms with Crippen LogP contribution in [0.15, 0.2) is 23.1 Å². The summed E-state index contributed by atoms with van der Waals surface area (Å²) >= 11 is 0. The van der Waals surface area contributed by atoms with Gasteiger partial charge < -0.3 is 4.90 Å². The first-order valence-corrected chi connectivity index (χ1v) is 8.20. The van der Waals surface area contributed by atoms with Gasteiger partial charge in [0.1, 0.15) is 5.82 Å². The number of hydrogen-bond acceptors (Lipinski definition) is 3. The minimum Gasteiger partial charge on any atom is -0.336 e. The van der Waals surface area contributed by atoms with Gasteiger partial charge in [-0.3, -0.25) is 4.79 Å². The van der Waals surface area contributed by atoms with E-state index in [-0.39, 0.29) is 16.5 Å². The zero-order valence-electron chi connectivity index (χ0n) is 10.3. The van der Waals surface area contributed by atoms with E-state index in [0.717, 1.165) is 31.0 Å². The molecule has 0 heterocycles. The van der Waals surface area contributed by atoms with Gasteiger partial charge in [0.25, 0.3) is 15.0 Å². The number of carbonyl (C=O) groups is 1. The third kappa shape index (κ3) is 3.06. The molecule has 1 aromatic rings. The predicted octanol–water partition coefficient (Wildman–Crippen LogP) is 2.38. The van der Waals surface area contributed by atoms with Gasteiger partial charge in [-0.2, -0.15) is 0 Å². The van der Waals surface area contributed by atoms with Crippen LogP contribution in [0.4, 0.5) is 4.39 Å². The van der Waals surface area contributed by atoms with Crippen molar-refractivity contribution in [2.45, 2.75) is 30.7 Å². The van der Waals surface area contributed by atoms with Gasteiger partial charge in [0.05, 0.1) is 10.5 Å². The van der Waals surface area contributed by atoms with Gasteiger partial charge in [-0.25, -0.2) is 12.8 Å². The Hall–Kier alpha value is -1.14. The number of halogens is 2. The van der Waals surface area contributed by atoms with Crippen LogP contribution in [-0.4, -0.2) is 31.8 Å². The average molecular weight is 306 g/mol. The largest absolute Gasteiger partial charge is 0.336 e. The molecule has 0 bridgehead atoms. The van der Waals surface area contributed by atoms with Crippen molar-refractivity contribution in [3.8, 4) is 0 Å². The topological polar surface area (TPSA) is 54.5 Å². The molecular formula is C12H13ClFNO3S. The van der Waals surface area contributed by atoms with E-state index in [2.05, 4.69) is 0 Å². The molecule has 1 fully saturated rings. The Balaban J connectivity index is 2.48. The number of carbonyl (C=O) groups excluding carboxylic acids is 1. The highest BCUT2D eigenvalue weighted by Crippen LogP contribution is 2.30. The Labute approximate surface area is 115 Å². The van der Waals surface area contributed by atoms with Crippen LogP contribution >= 0.6 is 10.7 Å². The van der Waals surface area contributed by atoms with Crippen molar-refractivity contribution in [1.29, 1.82) is 0 Å². The second-order valence-corrected chi connectivity index (χ2v) is 6.94. The fraction of sp³-hybridized carbons (Fsp3) is 0.417. The minimum atomic E-state index is -4.08. The zero-order valence-corrected chi connectivity index (χ0v) is 11.8. The number of nitrogens with zero attached hydrogens (tertiary/aromatic N) is 1. The zero-order chi connectivity index (χ0) is 14.2. The molecule has 0 aliphatic heterocycles. The molecule has 1 aromatic carbocycles. The lowest BCUT2D eigenvalue weighted by Crippen LogP contribution is -2.33. The molecule has 1 aliphatic carbocycles. The summed E-state index contributed by atoms with van der Waals surface area (Å²) in [5.74, 6) is -1.16. The first-order valence-electron chi connectivity index (χ1n) is 5.89. The standard InChI is InChI=1S/C12H13ClFNO3S/c1-2-15(9-4-5-9)12(16)10-7-8(14)3-6-11(10)19(13,17)18/h3,6-7,9H,2,4-5H2,1H3. The second-order valence-electron chi connectivity index (χ2n) is 4.40. The van der Waals surface area contributed by atoms with Gasteiger partial charge in [-0.1, -0.05) is 0 Å². The number of amides is 1. The normalized spacial score (nSPS) is 15.3. The van der Waals surface area contributed by atoms with Crippen LogP contribution in [0.2, 0.25) is 0 Å². The van der Waals surface area contributed by atoms with Crippen LogP contribution in [0.1, 0.15) is 30.1 Å². The van der Waals surface area contributed by atoms with E-state index >= 15 is 0 Å². The van der Waals surface area contributed by atoms with E-state index in [0.29, 0.717) is 6.54 Å². The molecule has 19 heavy (non-hydrogen) atoms. The van der Waals surface area contributed by atoms with E-state index < -0.39 is 20.8 Å². The average Bonchev–Trinajstić information content (AvgIpc) is 3.12. The molecule has 1 aliphatic rings. The number of rotatable bonds is 4. The Kier molecular flexibility index (Phi) is 3.82.